The molecule has 0 aliphatic heterocycles. The van der Waals surface area contributed by atoms with E-state index in [0.717, 1.165) is 29.7 Å². The van der Waals surface area contributed by atoms with Crippen molar-refractivity contribution in [1.82, 2.24) is 4.90 Å². The standard InChI is InChI=1S/C17H21BrN2/c1-3-13-4-6-14(7-5-13)11-20(2)12-15-8-9-16(18)17(19)10-15/h4-10H,3,11-12,19H2,1-2H3. The fourth-order valence-corrected chi connectivity index (χ4v) is 2.50. The summed E-state index contributed by atoms with van der Waals surface area (Å²) in [6, 6.07) is 15.0. The molecule has 0 spiro atoms. The summed E-state index contributed by atoms with van der Waals surface area (Å²) in [5, 5.41) is 0. The van der Waals surface area contributed by atoms with Gasteiger partial charge in [0.1, 0.15) is 0 Å². The summed E-state index contributed by atoms with van der Waals surface area (Å²) in [5.41, 5.74) is 10.7. The van der Waals surface area contributed by atoms with Crippen LogP contribution in [-0.4, -0.2) is 11.9 Å². The Hall–Kier alpha value is -1.32. The smallest absolute Gasteiger partial charge is 0.0461 e. The van der Waals surface area contributed by atoms with Crippen molar-refractivity contribution in [3.05, 3.63) is 63.6 Å². The second-order valence-corrected chi connectivity index (χ2v) is 6.05. The topological polar surface area (TPSA) is 29.3 Å². The maximum atomic E-state index is 5.92. The number of hydrogen-bond acceptors (Lipinski definition) is 2. The third-order valence-electron chi connectivity index (χ3n) is 3.40. The molecular weight excluding hydrogens is 312 g/mol. The highest BCUT2D eigenvalue weighted by atomic mass is 79.9. The zero-order valence-electron chi connectivity index (χ0n) is 12.1. The molecule has 106 valence electrons. The normalized spacial score (nSPS) is 11.0. The zero-order valence-corrected chi connectivity index (χ0v) is 13.7. The minimum absolute atomic E-state index is 0.795. The van der Waals surface area contributed by atoms with Crippen LogP contribution in [0.5, 0.6) is 0 Å². The first-order chi connectivity index (χ1) is 9.58. The SMILES string of the molecule is CCc1ccc(CN(C)Cc2ccc(Br)c(N)c2)cc1. The average molecular weight is 333 g/mol. The zero-order chi connectivity index (χ0) is 14.5. The van der Waals surface area contributed by atoms with Crippen LogP contribution in [0.3, 0.4) is 0 Å². The molecule has 0 amide bonds. The van der Waals surface area contributed by atoms with Gasteiger partial charge in [0.15, 0.2) is 0 Å². The van der Waals surface area contributed by atoms with Crippen LogP contribution in [-0.2, 0) is 19.5 Å². The van der Waals surface area contributed by atoms with Gasteiger partial charge in [-0.2, -0.15) is 0 Å². The van der Waals surface area contributed by atoms with E-state index in [0.29, 0.717) is 0 Å². The van der Waals surface area contributed by atoms with Gasteiger partial charge in [0.25, 0.3) is 0 Å². The molecule has 2 nitrogen and oxygen atoms in total. The lowest BCUT2D eigenvalue weighted by molar-refractivity contribution is 0.319. The number of anilines is 1. The van der Waals surface area contributed by atoms with E-state index in [4.69, 9.17) is 5.73 Å². The van der Waals surface area contributed by atoms with E-state index in [1.54, 1.807) is 0 Å². The van der Waals surface area contributed by atoms with Gasteiger partial charge in [0, 0.05) is 23.2 Å². The molecule has 0 fully saturated rings. The van der Waals surface area contributed by atoms with E-state index in [-0.39, 0.29) is 0 Å². The predicted molar refractivity (Wildman–Crippen MR) is 89.5 cm³/mol. The van der Waals surface area contributed by atoms with Crippen molar-refractivity contribution < 1.29 is 0 Å². The molecule has 0 saturated heterocycles. The Kier molecular flexibility index (Phi) is 5.21. The lowest BCUT2D eigenvalue weighted by atomic mass is 10.1. The molecule has 2 N–H and O–H groups in total. The van der Waals surface area contributed by atoms with Crippen molar-refractivity contribution in [3.63, 3.8) is 0 Å². The van der Waals surface area contributed by atoms with Gasteiger partial charge < -0.3 is 5.73 Å². The maximum absolute atomic E-state index is 5.92. The molecule has 0 atom stereocenters. The first kappa shape index (κ1) is 15.1. The summed E-state index contributed by atoms with van der Waals surface area (Å²) < 4.78 is 0.957. The van der Waals surface area contributed by atoms with Crippen LogP contribution in [0.15, 0.2) is 46.9 Å². The number of nitrogens with two attached hydrogens (primary N) is 1. The quantitative estimate of drug-likeness (QED) is 0.830. The number of benzene rings is 2. The fraction of sp³-hybridized carbons (Fsp3) is 0.294. The second kappa shape index (κ2) is 6.91. The first-order valence-corrected chi connectivity index (χ1v) is 7.68. The second-order valence-electron chi connectivity index (χ2n) is 5.20. The molecule has 0 unspecified atom stereocenters. The third kappa shape index (κ3) is 4.09. The fourth-order valence-electron chi connectivity index (χ4n) is 2.25. The Labute approximate surface area is 129 Å². The Balaban J connectivity index is 1.97. The molecule has 2 aromatic carbocycles. The van der Waals surface area contributed by atoms with Gasteiger partial charge in [-0.05, 0) is 58.2 Å². The summed E-state index contributed by atoms with van der Waals surface area (Å²) in [6.45, 7) is 4.02. The molecule has 0 aliphatic rings. The molecule has 2 aromatic rings. The van der Waals surface area contributed by atoms with Crippen molar-refractivity contribution in [2.75, 3.05) is 12.8 Å². The monoisotopic (exact) mass is 332 g/mol. The van der Waals surface area contributed by atoms with E-state index in [2.05, 4.69) is 65.1 Å². The predicted octanol–water partition coefficient (Wildman–Crippen LogP) is 4.23. The molecule has 20 heavy (non-hydrogen) atoms. The van der Waals surface area contributed by atoms with E-state index in [1.807, 2.05) is 12.1 Å². The van der Waals surface area contributed by atoms with Gasteiger partial charge in [0.2, 0.25) is 0 Å². The Morgan fingerprint density at radius 3 is 2.10 bits per heavy atom. The summed E-state index contributed by atoms with van der Waals surface area (Å²) in [7, 11) is 2.13. The highest BCUT2D eigenvalue weighted by molar-refractivity contribution is 9.10. The lowest BCUT2D eigenvalue weighted by Gasteiger charge is -2.17. The molecular formula is C17H21BrN2. The van der Waals surface area contributed by atoms with Crippen LogP contribution in [0.2, 0.25) is 0 Å². The highest BCUT2D eigenvalue weighted by Crippen LogP contribution is 2.21. The van der Waals surface area contributed by atoms with Gasteiger partial charge in [-0.1, -0.05) is 37.3 Å². The summed E-state index contributed by atoms with van der Waals surface area (Å²) in [5.74, 6) is 0. The van der Waals surface area contributed by atoms with Crippen molar-refractivity contribution >= 4 is 21.6 Å². The van der Waals surface area contributed by atoms with Crippen LogP contribution >= 0.6 is 15.9 Å². The summed E-state index contributed by atoms with van der Waals surface area (Å²) in [6.07, 6.45) is 1.09. The Bertz CT molecular complexity index is 564. The molecule has 0 heterocycles. The first-order valence-electron chi connectivity index (χ1n) is 6.88. The van der Waals surface area contributed by atoms with Gasteiger partial charge in [-0.15, -0.1) is 0 Å². The average Bonchev–Trinajstić information content (AvgIpc) is 2.44. The molecule has 0 radical (unpaired) electrons. The number of aryl methyl sites for hydroxylation is 1. The van der Waals surface area contributed by atoms with Gasteiger partial charge in [-0.3, -0.25) is 4.90 Å². The van der Waals surface area contributed by atoms with Crippen molar-refractivity contribution in [2.24, 2.45) is 0 Å². The lowest BCUT2D eigenvalue weighted by Crippen LogP contribution is -2.17. The molecule has 3 heteroatoms. The van der Waals surface area contributed by atoms with Gasteiger partial charge in [-0.25, -0.2) is 0 Å². The maximum Gasteiger partial charge on any atom is 0.0461 e. The van der Waals surface area contributed by atoms with Crippen LogP contribution in [0.1, 0.15) is 23.6 Å². The van der Waals surface area contributed by atoms with Gasteiger partial charge >= 0.3 is 0 Å². The third-order valence-corrected chi connectivity index (χ3v) is 4.12. The van der Waals surface area contributed by atoms with Crippen LogP contribution in [0.25, 0.3) is 0 Å². The summed E-state index contributed by atoms with van der Waals surface area (Å²) >= 11 is 3.42. The van der Waals surface area contributed by atoms with E-state index in [9.17, 15) is 0 Å². The van der Waals surface area contributed by atoms with Crippen LogP contribution in [0.4, 0.5) is 5.69 Å². The molecule has 0 saturated carbocycles. The van der Waals surface area contributed by atoms with E-state index >= 15 is 0 Å². The Morgan fingerprint density at radius 2 is 1.50 bits per heavy atom. The van der Waals surface area contributed by atoms with Gasteiger partial charge in [0.05, 0.1) is 0 Å². The molecule has 0 aromatic heterocycles. The van der Waals surface area contributed by atoms with Crippen LogP contribution in [0, 0.1) is 0 Å². The molecule has 0 aliphatic carbocycles. The van der Waals surface area contributed by atoms with E-state index in [1.165, 1.54) is 16.7 Å². The number of halogens is 1. The number of nitrogen functional groups attached to an aromatic ring is 1. The van der Waals surface area contributed by atoms with Crippen molar-refractivity contribution in [2.45, 2.75) is 26.4 Å². The number of hydrogen-bond donors (Lipinski definition) is 1. The van der Waals surface area contributed by atoms with Crippen molar-refractivity contribution in [3.8, 4) is 0 Å². The van der Waals surface area contributed by atoms with E-state index < -0.39 is 0 Å². The highest BCUT2D eigenvalue weighted by Gasteiger charge is 2.04. The largest absolute Gasteiger partial charge is 0.398 e. The Morgan fingerprint density at radius 1 is 0.950 bits per heavy atom. The number of rotatable bonds is 5. The van der Waals surface area contributed by atoms with Crippen molar-refractivity contribution in [1.29, 1.82) is 0 Å². The van der Waals surface area contributed by atoms with Crippen LogP contribution < -0.4 is 5.73 Å². The minimum Gasteiger partial charge on any atom is -0.398 e. The summed E-state index contributed by atoms with van der Waals surface area (Å²) in [4.78, 5) is 2.30. The minimum atomic E-state index is 0.795. The molecule has 0 bridgehead atoms. The molecule has 2 rings (SSSR count). The number of nitrogens with zero attached hydrogens (tertiary/aromatic N) is 1.